The van der Waals surface area contributed by atoms with E-state index in [1.54, 1.807) is 7.11 Å². The molecule has 0 amide bonds. The summed E-state index contributed by atoms with van der Waals surface area (Å²) in [6.45, 7) is 5.95. The van der Waals surface area contributed by atoms with Gasteiger partial charge in [0.15, 0.2) is 17.5 Å². The van der Waals surface area contributed by atoms with Crippen molar-refractivity contribution in [3.8, 4) is 11.5 Å². The number of nitrogens with zero attached hydrogens (tertiary/aromatic N) is 1. The number of nitrogens with one attached hydrogen (secondary N) is 2. The summed E-state index contributed by atoms with van der Waals surface area (Å²) in [5.74, 6) is 2.33. The van der Waals surface area contributed by atoms with Gasteiger partial charge in [-0.1, -0.05) is 0 Å². The smallest absolute Gasteiger partial charge is 0.195 e. The Kier molecular flexibility index (Phi) is 14.5. The Morgan fingerprint density at radius 3 is 2.73 bits per heavy atom. The third kappa shape index (κ3) is 11.1. The zero-order valence-corrected chi connectivity index (χ0v) is 22.1. The van der Waals surface area contributed by atoms with E-state index < -0.39 is 0 Å². The van der Waals surface area contributed by atoms with Crippen LogP contribution in [0.2, 0.25) is 0 Å². The monoisotopic (exact) mass is 577 g/mol. The topological polar surface area (TPSA) is 82.6 Å². The van der Waals surface area contributed by atoms with Crippen LogP contribution in [0.25, 0.3) is 0 Å². The standard InChI is InChI=1S/C24H39N3O5.HI/c1-28-13-4-2-3-11-25-24(26-12-6-14-29-19-21-8-5-15-30-21)27-20-9-10-22-23(18-20)32-17-7-16-31-22;/h9-10,18,21H,2-8,11-17,19H2,1H3,(H2,25,26,27);1H. The fraction of sp³-hybridized carbons (Fsp3) is 0.708. The molecule has 3 rings (SSSR count). The fourth-order valence-electron chi connectivity index (χ4n) is 3.62. The summed E-state index contributed by atoms with van der Waals surface area (Å²) in [5, 5.41) is 6.84. The van der Waals surface area contributed by atoms with E-state index in [1.807, 2.05) is 18.2 Å². The number of halogens is 1. The summed E-state index contributed by atoms with van der Waals surface area (Å²) < 4.78 is 28.0. The third-order valence-corrected chi connectivity index (χ3v) is 5.37. The van der Waals surface area contributed by atoms with Gasteiger partial charge in [-0.2, -0.15) is 0 Å². The number of methoxy groups -OCH3 is 1. The van der Waals surface area contributed by atoms with Gasteiger partial charge in [-0.15, -0.1) is 24.0 Å². The minimum atomic E-state index is 0. The second-order valence-corrected chi connectivity index (χ2v) is 8.11. The lowest BCUT2D eigenvalue weighted by Crippen LogP contribution is -2.32. The average Bonchev–Trinajstić information content (AvgIpc) is 3.22. The Bertz CT molecular complexity index is 686. The second-order valence-electron chi connectivity index (χ2n) is 8.11. The Labute approximate surface area is 215 Å². The highest BCUT2D eigenvalue weighted by atomic mass is 127. The molecule has 1 fully saturated rings. The molecule has 33 heavy (non-hydrogen) atoms. The van der Waals surface area contributed by atoms with Crippen LogP contribution in [0, 0.1) is 0 Å². The van der Waals surface area contributed by atoms with Gasteiger partial charge in [0.2, 0.25) is 0 Å². The number of hydrogen-bond acceptors (Lipinski definition) is 6. The van der Waals surface area contributed by atoms with Crippen LogP contribution in [0.4, 0.5) is 5.69 Å². The number of benzene rings is 1. The van der Waals surface area contributed by atoms with Crippen molar-refractivity contribution in [2.45, 2.75) is 51.0 Å². The largest absolute Gasteiger partial charge is 0.490 e. The van der Waals surface area contributed by atoms with E-state index in [9.17, 15) is 0 Å². The first-order valence-electron chi connectivity index (χ1n) is 12.0. The summed E-state index contributed by atoms with van der Waals surface area (Å²) in [6.07, 6.45) is 7.54. The van der Waals surface area contributed by atoms with Crippen molar-refractivity contribution in [2.24, 2.45) is 4.99 Å². The summed E-state index contributed by atoms with van der Waals surface area (Å²) in [5.41, 5.74) is 0.925. The molecule has 1 saturated heterocycles. The fourth-order valence-corrected chi connectivity index (χ4v) is 3.62. The molecule has 0 aromatic heterocycles. The Morgan fingerprint density at radius 2 is 1.91 bits per heavy atom. The molecule has 1 aromatic rings. The van der Waals surface area contributed by atoms with Crippen LogP contribution in [0.3, 0.4) is 0 Å². The van der Waals surface area contributed by atoms with Crippen LogP contribution >= 0.6 is 24.0 Å². The van der Waals surface area contributed by atoms with Crippen molar-refractivity contribution in [1.82, 2.24) is 5.32 Å². The first-order chi connectivity index (χ1) is 15.8. The number of unbranched alkanes of at least 4 members (excludes halogenated alkanes) is 2. The minimum Gasteiger partial charge on any atom is -0.490 e. The van der Waals surface area contributed by atoms with Gasteiger partial charge in [0.25, 0.3) is 0 Å². The summed E-state index contributed by atoms with van der Waals surface area (Å²) in [4.78, 5) is 4.74. The summed E-state index contributed by atoms with van der Waals surface area (Å²) >= 11 is 0. The molecule has 2 aliphatic rings. The van der Waals surface area contributed by atoms with Crippen molar-refractivity contribution in [3.05, 3.63) is 18.2 Å². The maximum atomic E-state index is 5.81. The zero-order valence-electron chi connectivity index (χ0n) is 19.8. The van der Waals surface area contributed by atoms with Gasteiger partial charge in [0.1, 0.15) is 0 Å². The molecule has 1 unspecified atom stereocenters. The van der Waals surface area contributed by atoms with Crippen LogP contribution in [0.1, 0.15) is 44.9 Å². The summed E-state index contributed by atoms with van der Waals surface area (Å²) in [7, 11) is 1.74. The highest BCUT2D eigenvalue weighted by molar-refractivity contribution is 14.0. The quantitative estimate of drug-likeness (QED) is 0.157. The molecule has 0 spiro atoms. The number of rotatable bonds is 13. The lowest BCUT2D eigenvalue weighted by Gasteiger charge is -2.15. The van der Waals surface area contributed by atoms with Crippen LogP contribution in [0.5, 0.6) is 11.5 Å². The van der Waals surface area contributed by atoms with E-state index in [0.29, 0.717) is 33.0 Å². The third-order valence-electron chi connectivity index (χ3n) is 5.37. The van der Waals surface area contributed by atoms with Crippen LogP contribution in [-0.2, 0) is 14.2 Å². The van der Waals surface area contributed by atoms with E-state index in [4.69, 9.17) is 28.7 Å². The van der Waals surface area contributed by atoms with Crippen LogP contribution in [-0.4, -0.2) is 71.9 Å². The number of anilines is 1. The van der Waals surface area contributed by atoms with Gasteiger partial charge in [-0.3, -0.25) is 4.99 Å². The first-order valence-corrected chi connectivity index (χ1v) is 12.0. The minimum absolute atomic E-state index is 0. The molecule has 2 N–H and O–H groups in total. The Balaban J connectivity index is 0.00000385. The van der Waals surface area contributed by atoms with Crippen molar-refractivity contribution in [3.63, 3.8) is 0 Å². The molecule has 2 aliphatic heterocycles. The molecule has 1 aromatic carbocycles. The van der Waals surface area contributed by atoms with E-state index in [2.05, 4.69) is 10.6 Å². The lowest BCUT2D eigenvalue weighted by molar-refractivity contribution is 0.0171. The number of fused-ring (bicyclic) bond motifs is 1. The first kappa shape index (κ1) is 27.9. The Morgan fingerprint density at radius 1 is 1.03 bits per heavy atom. The maximum Gasteiger partial charge on any atom is 0.195 e. The van der Waals surface area contributed by atoms with Crippen molar-refractivity contribution in [1.29, 1.82) is 0 Å². The highest BCUT2D eigenvalue weighted by Crippen LogP contribution is 2.32. The molecule has 1 atom stereocenters. The van der Waals surface area contributed by atoms with Gasteiger partial charge in [0.05, 0.1) is 25.9 Å². The predicted molar refractivity (Wildman–Crippen MR) is 142 cm³/mol. The van der Waals surface area contributed by atoms with Gasteiger partial charge >= 0.3 is 0 Å². The number of aliphatic imine (C=N–C) groups is 1. The van der Waals surface area contributed by atoms with Crippen molar-refractivity contribution >= 4 is 35.6 Å². The van der Waals surface area contributed by atoms with Gasteiger partial charge in [-0.05, 0) is 50.7 Å². The SMILES string of the molecule is COCCCCCNC(=NCCCOCC1CCCO1)Nc1ccc2c(c1)OCCCO2.I. The number of hydrogen-bond donors (Lipinski definition) is 2. The molecule has 188 valence electrons. The number of ether oxygens (including phenoxy) is 5. The van der Waals surface area contributed by atoms with Crippen molar-refractivity contribution in [2.75, 3.05) is 65.2 Å². The molecule has 0 aliphatic carbocycles. The maximum absolute atomic E-state index is 5.81. The molecule has 9 heteroatoms. The van der Waals surface area contributed by atoms with E-state index in [-0.39, 0.29) is 30.1 Å². The van der Waals surface area contributed by atoms with Crippen LogP contribution < -0.4 is 20.1 Å². The van der Waals surface area contributed by atoms with Gasteiger partial charge in [-0.25, -0.2) is 0 Å². The molecule has 0 radical (unpaired) electrons. The molecule has 0 bridgehead atoms. The zero-order chi connectivity index (χ0) is 22.3. The van der Waals surface area contributed by atoms with Gasteiger partial charge < -0.3 is 34.3 Å². The van der Waals surface area contributed by atoms with E-state index in [0.717, 1.165) is 87.9 Å². The highest BCUT2D eigenvalue weighted by Gasteiger charge is 2.15. The number of guanidine groups is 1. The normalized spacial score (nSPS) is 17.8. The molecular weight excluding hydrogens is 537 g/mol. The molecular formula is C24H40IN3O5. The second kappa shape index (κ2) is 17.2. The summed E-state index contributed by atoms with van der Waals surface area (Å²) in [6, 6.07) is 5.92. The van der Waals surface area contributed by atoms with Gasteiger partial charge in [0, 0.05) is 58.2 Å². The van der Waals surface area contributed by atoms with Crippen LogP contribution in [0.15, 0.2) is 23.2 Å². The van der Waals surface area contributed by atoms with Crippen molar-refractivity contribution < 1.29 is 23.7 Å². The average molecular weight is 578 g/mol. The molecule has 2 heterocycles. The van der Waals surface area contributed by atoms with E-state index in [1.165, 1.54) is 0 Å². The molecule has 0 saturated carbocycles. The predicted octanol–water partition coefficient (Wildman–Crippen LogP) is 4.23. The lowest BCUT2D eigenvalue weighted by atomic mass is 10.2. The molecule has 8 nitrogen and oxygen atoms in total. The Hall–Kier alpha value is -1.30. The van der Waals surface area contributed by atoms with E-state index >= 15 is 0 Å².